The van der Waals surface area contributed by atoms with Crippen molar-refractivity contribution < 1.29 is 13.2 Å². The predicted octanol–water partition coefficient (Wildman–Crippen LogP) is 4.16. The molecule has 3 aromatic carbocycles. The molecule has 0 amide bonds. The normalized spacial score (nSPS) is 13.0. The second-order valence-electron chi connectivity index (χ2n) is 5.61. The summed E-state index contributed by atoms with van der Waals surface area (Å²) >= 11 is 6.17. The van der Waals surface area contributed by atoms with Crippen molar-refractivity contribution in [3.8, 4) is 0 Å². The monoisotopic (exact) mass is 375 g/mol. The van der Waals surface area contributed by atoms with Gasteiger partial charge in [-0.25, -0.2) is 13.1 Å². The quantitative estimate of drug-likeness (QED) is 0.703. The van der Waals surface area contributed by atoms with E-state index in [1.807, 2.05) is 42.5 Å². The van der Waals surface area contributed by atoms with Gasteiger partial charge in [0.25, 0.3) is 0 Å². The Bertz CT molecular complexity index is 989. The van der Waals surface area contributed by atoms with E-state index in [0.717, 1.165) is 16.3 Å². The molecule has 0 radical (unpaired) electrons. The molecule has 0 fully saturated rings. The number of hydrogen-bond acceptors (Lipinski definition) is 3. The fourth-order valence-electron chi connectivity index (χ4n) is 2.66. The van der Waals surface area contributed by atoms with Crippen LogP contribution in [0.15, 0.2) is 71.6 Å². The van der Waals surface area contributed by atoms with E-state index in [0.29, 0.717) is 5.02 Å². The van der Waals surface area contributed by atoms with Crippen molar-refractivity contribution in [2.45, 2.75) is 11.0 Å². The van der Waals surface area contributed by atoms with Crippen molar-refractivity contribution in [1.29, 1.82) is 0 Å². The third kappa shape index (κ3) is 4.02. The van der Waals surface area contributed by atoms with Gasteiger partial charge < -0.3 is 4.74 Å². The van der Waals surface area contributed by atoms with E-state index in [1.165, 1.54) is 7.11 Å². The van der Waals surface area contributed by atoms with Crippen molar-refractivity contribution in [2.24, 2.45) is 0 Å². The molecule has 0 aromatic heterocycles. The van der Waals surface area contributed by atoms with Crippen molar-refractivity contribution >= 4 is 32.4 Å². The van der Waals surface area contributed by atoms with Crippen LogP contribution < -0.4 is 4.72 Å². The van der Waals surface area contributed by atoms with Gasteiger partial charge in [0.1, 0.15) is 0 Å². The highest BCUT2D eigenvalue weighted by molar-refractivity contribution is 7.89. The van der Waals surface area contributed by atoms with Gasteiger partial charge in [0.15, 0.2) is 0 Å². The molecule has 0 saturated carbocycles. The lowest BCUT2D eigenvalue weighted by Gasteiger charge is -2.18. The number of sulfonamides is 1. The Morgan fingerprint density at radius 3 is 2.40 bits per heavy atom. The van der Waals surface area contributed by atoms with Gasteiger partial charge in [0.05, 0.1) is 11.0 Å². The number of hydrogen-bond donors (Lipinski definition) is 1. The lowest BCUT2D eigenvalue weighted by atomic mass is 10.1. The highest BCUT2D eigenvalue weighted by Crippen LogP contribution is 2.25. The van der Waals surface area contributed by atoms with E-state index < -0.39 is 16.1 Å². The van der Waals surface area contributed by atoms with E-state index in [4.69, 9.17) is 16.3 Å². The second kappa shape index (κ2) is 7.54. The lowest BCUT2D eigenvalue weighted by molar-refractivity contribution is 0.107. The molecule has 3 rings (SSSR count). The van der Waals surface area contributed by atoms with Gasteiger partial charge in [-0.1, -0.05) is 60.1 Å². The third-order valence-corrected chi connectivity index (χ3v) is 5.79. The standard InChI is InChI=1S/C19H18ClNO3S/c1-24-19(17-8-4-5-9-18(17)20)13-21-25(22,23)16-11-10-14-6-2-3-7-15(14)12-16/h2-12,19,21H,13H2,1H3. The zero-order chi connectivity index (χ0) is 17.9. The highest BCUT2D eigenvalue weighted by Gasteiger charge is 2.19. The molecule has 0 bridgehead atoms. The SMILES string of the molecule is COC(CNS(=O)(=O)c1ccc2ccccc2c1)c1ccccc1Cl. The van der Waals surface area contributed by atoms with Gasteiger partial charge in [-0.05, 0) is 29.0 Å². The van der Waals surface area contributed by atoms with Crippen LogP contribution in [0.25, 0.3) is 10.8 Å². The molecule has 0 heterocycles. The number of ether oxygens (including phenoxy) is 1. The zero-order valence-corrected chi connectivity index (χ0v) is 15.2. The maximum absolute atomic E-state index is 12.6. The minimum atomic E-state index is -3.65. The Morgan fingerprint density at radius 1 is 1.00 bits per heavy atom. The number of rotatable bonds is 6. The summed E-state index contributed by atoms with van der Waals surface area (Å²) in [4.78, 5) is 0.222. The first kappa shape index (κ1) is 17.9. The second-order valence-corrected chi connectivity index (χ2v) is 7.78. The molecule has 3 aromatic rings. The molecular weight excluding hydrogens is 358 g/mol. The maximum atomic E-state index is 12.6. The maximum Gasteiger partial charge on any atom is 0.240 e. The van der Waals surface area contributed by atoms with E-state index in [1.54, 1.807) is 24.3 Å². The average Bonchev–Trinajstić information content (AvgIpc) is 2.63. The summed E-state index contributed by atoms with van der Waals surface area (Å²) < 4.78 is 33.2. The van der Waals surface area contributed by atoms with Crippen LogP contribution in [0, 0.1) is 0 Å². The molecule has 1 N–H and O–H groups in total. The van der Waals surface area contributed by atoms with Crippen LogP contribution in [0.3, 0.4) is 0 Å². The van der Waals surface area contributed by atoms with Gasteiger partial charge >= 0.3 is 0 Å². The van der Waals surface area contributed by atoms with Gasteiger partial charge in [-0.2, -0.15) is 0 Å². The highest BCUT2D eigenvalue weighted by atomic mass is 35.5. The fraction of sp³-hybridized carbons (Fsp3) is 0.158. The fourth-order valence-corrected chi connectivity index (χ4v) is 3.98. The molecule has 1 atom stereocenters. The van der Waals surface area contributed by atoms with Gasteiger partial charge in [0, 0.05) is 24.2 Å². The molecule has 4 nitrogen and oxygen atoms in total. The molecule has 0 aliphatic carbocycles. The summed E-state index contributed by atoms with van der Waals surface area (Å²) in [5.74, 6) is 0. The Hall–Kier alpha value is -1.92. The topological polar surface area (TPSA) is 55.4 Å². The van der Waals surface area contributed by atoms with Crippen LogP contribution in [0.2, 0.25) is 5.02 Å². The van der Waals surface area contributed by atoms with Crippen LogP contribution >= 0.6 is 11.6 Å². The Balaban J connectivity index is 1.81. The summed E-state index contributed by atoms with van der Waals surface area (Å²) in [5, 5.41) is 2.41. The first-order valence-electron chi connectivity index (χ1n) is 7.77. The van der Waals surface area contributed by atoms with Crippen molar-refractivity contribution in [3.05, 3.63) is 77.3 Å². The van der Waals surface area contributed by atoms with E-state index >= 15 is 0 Å². The molecule has 0 aliphatic rings. The van der Waals surface area contributed by atoms with E-state index in [-0.39, 0.29) is 11.4 Å². The predicted molar refractivity (Wildman–Crippen MR) is 100 cm³/mol. The Morgan fingerprint density at radius 2 is 1.68 bits per heavy atom. The summed E-state index contributed by atoms with van der Waals surface area (Å²) in [6, 6.07) is 19.9. The minimum absolute atomic E-state index is 0.0927. The summed E-state index contributed by atoms with van der Waals surface area (Å²) in [6.07, 6.45) is -0.469. The van der Waals surface area contributed by atoms with Gasteiger partial charge in [-0.15, -0.1) is 0 Å². The summed E-state index contributed by atoms with van der Waals surface area (Å²) in [5.41, 5.74) is 0.743. The van der Waals surface area contributed by atoms with E-state index in [2.05, 4.69) is 4.72 Å². The Kier molecular flexibility index (Phi) is 5.39. The lowest BCUT2D eigenvalue weighted by Crippen LogP contribution is -2.29. The molecule has 25 heavy (non-hydrogen) atoms. The van der Waals surface area contributed by atoms with Crippen LogP contribution in [-0.4, -0.2) is 22.1 Å². The molecule has 130 valence electrons. The average molecular weight is 376 g/mol. The summed E-state index contributed by atoms with van der Waals surface area (Å²) in [7, 11) is -2.12. The van der Waals surface area contributed by atoms with Crippen LogP contribution in [0.5, 0.6) is 0 Å². The number of nitrogens with one attached hydrogen (secondary N) is 1. The molecule has 6 heteroatoms. The van der Waals surface area contributed by atoms with Crippen molar-refractivity contribution in [3.63, 3.8) is 0 Å². The number of halogens is 1. The van der Waals surface area contributed by atoms with Crippen LogP contribution in [-0.2, 0) is 14.8 Å². The van der Waals surface area contributed by atoms with Crippen LogP contribution in [0.1, 0.15) is 11.7 Å². The summed E-state index contributed by atoms with van der Waals surface area (Å²) in [6.45, 7) is 0.0927. The van der Waals surface area contributed by atoms with Crippen molar-refractivity contribution in [2.75, 3.05) is 13.7 Å². The van der Waals surface area contributed by atoms with Gasteiger partial charge in [-0.3, -0.25) is 0 Å². The first-order valence-corrected chi connectivity index (χ1v) is 9.63. The number of fused-ring (bicyclic) bond motifs is 1. The van der Waals surface area contributed by atoms with Gasteiger partial charge in [0.2, 0.25) is 10.0 Å². The van der Waals surface area contributed by atoms with E-state index in [9.17, 15) is 8.42 Å². The number of methoxy groups -OCH3 is 1. The first-order chi connectivity index (χ1) is 12.0. The molecule has 0 spiro atoms. The van der Waals surface area contributed by atoms with Crippen molar-refractivity contribution in [1.82, 2.24) is 4.72 Å². The third-order valence-electron chi connectivity index (χ3n) is 4.03. The minimum Gasteiger partial charge on any atom is -0.375 e. The molecule has 0 saturated heterocycles. The smallest absolute Gasteiger partial charge is 0.240 e. The molecular formula is C19H18ClNO3S. The molecule has 1 unspecified atom stereocenters. The zero-order valence-electron chi connectivity index (χ0n) is 13.6. The molecule has 0 aliphatic heterocycles. The van der Waals surface area contributed by atoms with Crippen LogP contribution in [0.4, 0.5) is 0 Å². The number of benzene rings is 3. The Labute approximate surface area is 152 Å². The largest absolute Gasteiger partial charge is 0.375 e.